The highest BCUT2D eigenvalue weighted by molar-refractivity contribution is 5.92. The van der Waals surface area contributed by atoms with Gasteiger partial charge in [0.15, 0.2) is 0 Å². The Morgan fingerprint density at radius 1 is 1.19 bits per heavy atom. The first kappa shape index (κ1) is 16.4. The highest BCUT2D eigenvalue weighted by Crippen LogP contribution is 2.29. The van der Waals surface area contributed by atoms with E-state index in [1.54, 1.807) is 30.5 Å². The molecule has 3 heterocycles. The van der Waals surface area contributed by atoms with Crippen LogP contribution in [-0.4, -0.2) is 39.1 Å². The van der Waals surface area contributed by atoms with Crippen molar-refractivity contribution >= 4 is 5.91 Å². The lowest BCUT2D eigenvalue weighted by Gasteiger charge is -2.32. The summed E-state index contributed by atoms with van der Waals surface area (Å²) >= 11 is 0. The molecule has 0 spiro atoms. The first-order valence-electron chi connectivity index (χ1n) is 8.72. The Bertz CT molecular complexity index is 892. The molecular weight excluding hydrogens is 331 g/mol. The molecule has 3 aromatic rings. The van der Waals surface area contributed by atoms with Gasteiger partial charge in [0.05, 0.1) is 5.69 Å². The van der Waals surface area contributed by atoms with Crippen molar-refractivity contribution in [3.05, 3.63) is 71.9 Å². The average molecular weight is 350 g/mol. The fourth-order valence-electron chi connectivity index (χ4n) is 3.38. The predicted molar refractivity (Wildman–Crippen MR) is 96.1 cm³/mol. The lowest BCUT2D eigenvalue weighted by molar-refractivity contribution is 0.0700. The molecule has 5 nitrogen and oxygen atoms in total. The number of amides is 1. The van der Waals surface area contributed by atoms with Crippen molar-refractivity contribution in [3.63, 3.8) is 0 Å². The van der Waals surface area contributed by atoms with Crippen LogP contribution in [0.2, 0.25) is 0 Å². The number of nitrogens with one attached hydrogen (secondary N) is 1. The summed E-state index contributed by atoms with van der Waals surface area (Å²) in [4.78, 5) is 18.7. The molecule has 6 heteroatoms. The first-order chi connectivity index (χ1) is 12.7. The zero-order valence-electron chi connectivity index (χ0n) is 14.2. The first-order valence-corrected chi connectivity index (χ1v) is 8.72. The quantitative estimate of drug-likeness (QED) is 0.785. The van der Waals surface area contributed by atoms with E-state index in [1.807, 2.05) is 17.0 Å². The van der Waals surface area contributed by atoms with Crippen molar-refractivity contribution in [3.8, 4) is 11.3 Å². The van der Waals surface area contributed by atoms with Gasteiger partial charge in [0.2, 0.25) is 0 Å². The summed E-state index contributed by atoms with van der Waals surface area (Å²) < 4.78 is 13.1. The van der Waals surface area contributed by atoms with Crippen molar-refractivity contribution in [2.24, 2.45) is 0 Å². The molecule has 0 bridgehead atoms. The number of halogens is 1. The molecule has 1 saturated heterocycles. The average Bonchev–Trinajstić information content (AvgIpc) is 3.19. The molecule has 1 amide bonds. The van der Waals surface area contributed by atoms with Gasteiger partial charge in [-0.3, -0.25) is 14.9 Å². The number of nitrogens with zero attached hydrogens (tertiary/aromatic N) is 3. The topological polar surface area (TPSA) is 61.9 Å². The van der Waals surface area contributed by atoms with Gasteiger partial charge in [-0.1, -0.05) is 6.07 Å². The normalized spacial score (nSPS) is 17.3. The number of carbonyl (C=O) groups excluding carboxylic acids is 1. The molecular formula is C20H19FN4O. The number of aromatic amines is 1. The summed E-state index contributed by atoms with van der Waals surface area (Å²) in [6.45, 7) is 1.38. The third kappa shape index (κ3) is 3.35. The highest BCUT2D eigenvalue weighted by atomic mass is 19.1. The summed E-state index contributed by atoms with van der Waals surface area (Å²) in [6.07, 6.45) is 3.57. The van der Waals surface area contributed by atoms with Gasteiger partial charge in [0.1, 0.15) is 11.5 Å². The molecule has 1 aromatic carbocycles. The number of aromatic nitrogens is 3. The molecule has 4 rings (SSSR count). The molecule has 1 atom stereocenters. The van der Waals surface area contributed by atoms with E-state index in [0.29, 0.717) is 12.2 Å². The summed E-state index contributed by atoms with van der Waals surface area (Å²) in [5.41, 5.74) is 3.13. The summed E-state index contributed by atoms with van der Waals surface area (Å²) in [6, 6.07) is 13.7. The maximum Gasteiger partial charge on any atom is 0.272 e. The number of likely N-dealkylation sites (tertiary alicyclic amines) is 1. The fraction of sp³-hybridized carbons (Fsp3) is 0.250. The Hall–Kier alpha value is -3.02. The largest absolute Gasteiger partial charge is 0.337 e. The minimum atomic E-state index is -0.263. The van der Waals surface area contributed by atoms with Crippen LogP contribution >= 0.6 is 0 Å². The summed E-state index contributed by atoms with van der Waals surface area (Å²) in [5.74, 6) is -0.0906. The van der Waals surface area contributed by atoms with Crippen LogP contribution in [0, 0.1) is 5.82 Å². The van der Waals surface area contributed by atoms with Crippen LogP contribution < -0.4 is 0 Å². The number of hydrogen-bond donors (Lipinski definition) is 1. The Morgan fingerprint density at radius 2 is 2.04 bits per heavy atom. The van der Waals surface area contributed by atoms with E-state index in [-0.39, 0.29) is 17.6 Å². The van der Waals surface area contributed by atoms with E-state index in [4.69, 9.17) is 0 Å². The van der Waals surface area contributed by atoms with Crippen LogP contribution in [0.4, 0.5) is 4.39 Å². The summed E-state index contributed by atoms with van der Waals surface area (Å²) in [7, 11) is 0. The molecule has 0 radical (unpaired) electrons. The Kier molecular flexibility index (Phi) is 4.48. The SMILES string of the molecule is O=C(c1ccccn1)N1CCC[C@@H](c2cc(-c3ccc(F)cc3)n[nH]2)C1. The molecule has 2 aromatic heterocycles. The summed E-state index contributed by atoms with van der Waals surface area (Å²) in [5, 5.41) is 7.45. The van der Waals surface area contributed by atoms with Crippen molar-refractivity contribution in [2.45, 2.75) is 18.8 Å². The number of rotatable bonds is 3. The van der Waals surface area contributed by atoms with Gasteiger partial charge >= 0.3 is 0 Å². The van der Waals surface area contributed by atoms with Crippen molar-refractivity contribution in [1.29, 1.82) is 0 Å². The number of pyridine rings is 1. The number of carbonyl (C=O) groups is 1. The number of piperidine rings is 1. The highest BCUT2D eigenvalue weighted by Gasteiger charge is 2.27. The lowest BCUT2D eigenvalue weighted by atomic mass is 9.94. The van der Waals surface area contributed by atoms with Gasteiger partial charge in [0.25, 0.3) is 5.91 Å². The van der Waals surface area contributed by atoms with E-state index in [2.05, 4.69) is 15.2 Å². The molecule has 0 aliphatic carbocycles. The zero-order valence-corrected chi connectivity index (χ0v) is 14.2. The van der Waals surface area contributed by atoms with Crippen molar-refractivity contribution < 1.29 is 9.18 Å². The van der Waals surface area contributed by atoms with Gasteiger partial charge < -0.3 is 4.90 Å². The van der Waals surface area contributed by atoms with Gasteiger partial charge in [0, 0.05) is 36.5 Å². The van der Waals surface area contributed by atoms with Crippen LogP contribution in [-0.2, 0) is 0 Å². The number of benzene rings is 1. The van der Waals surface area contributed by atoms with Crippen LogP contribution in [0.15, 0.2) is 54.7 Å². The minimum absolute atomic E-state index is 0.0337. The second-order valence-corrected chi connectivity index (χ2v) is 6.52. The van der Waals surface area contributed by atoms with Crippen molar-refractivity contribution in [1.82, 2.24) is 20.1 Å². The van der Waals surface area contributed by atoms with Crippen LogP contribution in [0.1, 0.15) is 34.9 Å². The van der Waals surface area contributed by atoms with Gasteiger partial charge in [-0.2, -0.15) is 5.10 Å². The second-order valence-electron chi connectivity index (χ2n) is 6.52. The smallest absolute Gasteiger partial charge is 0.272 e. The van der Waals surface area contributed by atoms with Gasteiger partial charge in [-0.15, -0.1) is 0 Å². The zero-order chi connectivity index (χ0) is 17.9. The molecule has 26 heavy (non-hydrogen) atoms. The van der Waals surface area contributed by atoms with E-state index >= 15 is 0 Å². The number of H-pyrrole nitrogens is 1. The molecule has 1 aliphatic heterocycles. The molecule has 0 saturated carbocycles. The van der Waals surface area contributed by atoms with Crippen LogP contribution in [0.5, 0.6) is 0 Å². The van der Waals surface area contributed by atoms with Crippen LogP contribution in [0.25, 0.3) is 11.3 Å². The molecule has 0 unspecified atom stereocenters. The maximum atomic E-state index is 13.1. The number of hydrogen-bond acceptors (Lipinski definition) is 3. The Labute approximate surface area is 150 Å². The fourth-order valence-corrected chi connectivity index (χ4v) is 3.38. The lowest BCUT2D eigenvalue weighted by Crippen LogP contribution is -2.39. The van der Waals surface area contributed by atoms with Crippen LogP contribution in [0.3, 0.4) is 0 Å². The van der Waals surface area contributed by atoms with Gasteiger partial charge in [-0.05, 0) is 55.3 Å². The van der Waals surface area contributed by atoms with E-state index in [0.717, 1.165) is 36.3 Å². The molecule has 1 aliphatic rings. The van der Waals surface area contributed by atoms with Gasteiger partial charge in [-0.25, -0.2) is 4.39 Å². The Morgan fingerprint density at radius 3 is 2.81 bits per heavy atom. The minimum Gasteiger partial charge on any atom is -0.337 e. The third-order valence-electron chi connectivity index (χ3n) is 4.77. The molecule has 1 fully saturated rings. The van der Waals surface area contributed by atoms with E-state index in [9.17, 15) is 9.18 Å². The standard InChI is InChI=1S/C20H19FN4O/c21-16-8-6-14(7-9-16)18-12-19(24-23-18)15-4-3-11-25(13-15)20(26)17-5-1-2-10-22-17/h1-2,5-10,12,15H,3-4,11,13H2,(H,23,24)/t15-/m1/s1. The van der Waals surface area contributed by atoms with Crippen molar-refractivity contribution in [2.75, 3.05) is 13.1 Å². The molecule has 1 N–H and O–H groups in total. The molecule has 132 valence electrons. The monoisotopic (exact) mass is 350 g/mol. The van der Waals surface area contributed by atoms with E-state index in [1.165, 1.54) is 12.1 Å². The Balaban J connectivity index is 1.50. The second kappa shape index (κ2) is 7.07. The maximum absolute atomic E-state index is 13.1. The van der Waals surface area contributed by atoms with E-state index < -0.39 is 0 Å². The third-order valence-corrected chi connectivity index (χ3v) is 4.77. The predicted octanol–water partition coefficient (Wildman–Crippen LogP) is 3.63.